The number of amides is 1. The molecule has 0 saturated carbocycles. The molecule has 128 valence electrons. The number of nitrogens with one attached hydrogen (secondary N) is 1. The Morgan fingerprint density at radius 3 is 2.61 bits per heavy atom. The maximum atomic E-state index is 13.7. The van der Waals surface area contributed by atoms with E-state index in [0.29, 0.717) is 12.7 Å². The number of halogens is 2. The third kappa shape index (κ3) is 4.04. The maximum absolute atomic E-state index is 13.7. The van der Waals surface area contributed by atoms with Gasteiger partial charge in [0.25, 0.3) is 0 Å². The number of hydrogen-bond acceptors (Lipinski definition) is 4. The highest BCUT2D eigenvalue weighted by atomic mass is 32.2. The predicted octanol–water partition coefficient (Wildman–Crippen LogP) is 1.43. The highest BCUT2D eigenvalue weighted by Gasteiger charge is 2.33. The van der Waals surface area contributed by atoms with E-state index in [9.17, 15) is 22.0 Å². The highest BCUT2D eigenvalue weighted by molar-refractivity contribution is 7.89. The fourth-order valence-corrected chi connectivity index (χ4v) is 3.94. The lowest BCUT2D eigenvalue weighted by atomic mass is 9.98. The van der Waals surface area contributed by atoms with Gasteiger partial charge in [-0.05, 0) is 38.0 Å². The molecule has 1 fully saturated rings. The van der Waals surface area contributed by atoms with Gasteiger partial charge in [0, 0.05) is 19.0 Å². The minimum absolute atomic E-state index is 0.0580. The zero-order valence-electron chi connectivity index (χ0n) is 12.6. The molecule has 0 unspecified atom stereocenters. The van der Waals surface area contributed by atoms with Crippen molar-refractivity contribution < 1.29 is 26.8 Å². The summed E-state index contributed by atoms with van der Waals surface area (Å²) in [6.07, 6.45) is 0.574. The van der Waals surface area contributed by atoms with Crippen LogP contribution in [0.1, 0.15) is 19.8 Å². The fraction of sp³-hybridized carbons (Fsp3) is 0.500. The summed E-state index contributed by atoms with van der Waals surface area (Å²) < 4.78 is 52.8. The summed E-state index contributed by atoms with van der Waals surface area (Å²) in [6.45, 7) is 2.17. The molecule has 23 heavy (non-hydrogen) atoms. The zero-order valence-corrected chi connectivity index (χ0v) is 13.4. The summed E-state index contributed by atoms with van der Waals surface area (Å²) in [6, 6.07) is 2.31. The van der Waals surface area contributed by atoms with E-state index in [2.05, 4.69) is 5.48 Å². The van der Waals surface area contributed by atoms with Gasteiger partial charge in [0.15, 0.2) is 0 Å². The Hall–Kier alpha value is -1.58. The third-order valence-electron chi connectivity index (χ3n) is 3.65. The first-order chi connectivity index (χ1) is 10.9. The molecule has 1 amide bonds. The van der Waals surface area contributed by atoms with Gasteiger partial charge in [-0.2, -0.15) is 4.31 Å². The summed E-state index contributed by atoms with van der Waals surface area (Å²) in [4.78, 5) is 15.9. The van der Waals surface area contributed by atoms with Gasteiger partial charge < -0.3 is 0 Å². The fourth-order valence-electron chi connectivity index (χ4n) is 2.40. The van der Waals surface area contributed by atoms with E-state index < -0.39 is 26.6 Å². The molecule has 1 saturated heterocycles. The van der Waals surface area contributed by atoms with Gasteiger partial charge in [-0.1, -0.05) is 0 Å². The maximum Gasteiger partial charge on any atom is 0.246 e. The second-order valence-electron chi connectivity index (χ2n) is 5.15. The van der Waals surface area contributed by atoms with Gasteiger partial charge >= 0.3 is 0 Å². The molecule has 0 aromatic heterocycles. The van der Waals surface area contributed by atoms with Gasteiger partial charge in [0.2, 0.25) is 15.9 Å². The number of carbonyl (C=O) groups is 1. The normalized spacial score (nSPS) is 17.2. The molecule has 0 bridgehead atoms. The molecule has 1 heterocycles. The van der Waals surface area contributed by atoms with Crippen molar-refractivity contribution in [2.24, 2.45) is 5.92 Å². The molecule has 6 nitrogen and oxygen atoms in total. The van der Waals surface area contributed by atoms with E-state index in [4.69, 9.17) is 4.84 Å². The topological polar surface area (TPSA) is 75.7 Å². The number of benzene rings is 1. The van der Waals surface area contributed by atoms with Crippen molar-refractivity contribution >= 4 is 15.9 Å². The molecule has 0 spiro atoms. The summed E-state index contributed by atoms with van der Waals surface area (Å²) in [7, 11) is -4.13. The molecule has 0 radical (unpaired) electrons. The Labute approximate surface area is 133 Å². The summed E-state index contributed by atoms with van der Waals surface area (Å²) in [5, 5.41) is 0. The van der Waals surface area contributed by atoms with Crippen LogP contribution in [0.3, 0.4) is 0 Å². The van der Waals surface area contributed by atoms with E-state index in [-0.39, 0.29) is 37.8 Å². The Balaban J connectivity index is 2.07. The first-order valence-electron chi connectivity index (χ1n) is 7.23. The number of sulfonamides is 1. The van der Waals surface area contributed by atoms with Crippen molar-refractivity contribution in [1.82, 2.24) is 9.79 Å². The summed E-state index contributed by atoms with van der Waals surface area (Å²) in [5.41, 5.74) is 2.29. The van der Waals surface area contributed by atoms with Crippen molar-refractivity contribution in [2.45, 2.75) is 24.7 Å². The van der Waals surface area contributed by atoms with Crippen LogP contribution >= 0.6 is 0 Å². The lowest BCUT2D eigenvalue weighted by Crippen LogP contribution is -2.43. The molecule has 2 rings (SSSR count). The molecule has 1 N–H and O–H groups in total. The van der Waals surface area contributed by atoms with Crippen LogP contribution in [0.15, 0.2) is 23.1 Å². The number of hydrogen-bond donors (Lipinski definition) is 1. The van der Waals surface area contributed by atoms with E-state index >= 15 is 0 Å². The minimum Gasteiger partial charge on any atom is -0.274 e. The lowest BCUT2D eigenvalue weighted by Gasteiger charge is -2.30. The second kappa shape index (κ2) is 7.33. The van der Waals surface area contributed by atoms with Crippen LogP contribution < -0.4 is 5.48 Å². The van der Waals surface area contributed by atoms with Gasteiger partial charge in [-0.25, -0.2) is 22.7 Å². The third-order valence-corrected chi connectivity index (χ3v) is 5.57. The Morgan fingerprint density at radius 2 is 2.00 bits per heavy atom. The van der Waals surface area contributed by atoms with Gasteiger partial charge in [0.05, 0.1) is 6.61 Å². The van der Waals surface area contributed by atoms with Crippen LogP contribution in [-0.4, -0.2) is 38.3 Å². The molecule has 1 aromatic rings. The smallest absolute Gasteiger partial charge is 0.246 e. The predicted molar refractivity (Wildman–Crippen MR) is 77.6 cm³/mol. The molecular formula is C14H18F2N2O4S. The SMILES string of the molecule is CCONC(=O)C1CCN(S(=O)(=O)c2cc(F)ccc2F)CC1. The quantitative estimate of drug-likeness (QED) is 0.817. The minimum atomic E-state index is -4.13. The summed E-state index contributed by atoms with van der Waals surface area (Å²) in [5.74, 6) is -2.50. The monoisotopic (exact) mass is 348 g/mol. The van der Waals surface area contributed by atoms with E-state index in [0.717, 1.165) is 16.4 Å². The second-order valence-corrected chi connectivity index (χ2v) is 7.06. The average Bonchev–Trinajstić information content (AvgIpc) is 2.54. The van der Waals surface area contributed by atoms with Crippen LogP contribution in [0.5, 0.6) is 0 Å². The number of nitrogens with zero attached hydrogens (tertiary/aromatic N) is 1. The van der Waals surface area contributed by atoms with Crippen LogP contribution in [0, 0.1) is 17.6 Å². The van der Waals surface area contributed by atoms with Crippen molar-refractivity contribution in [2.75, 3.05) is 19.7 Å². The van der Waals surface area contributed by atoms with Crippen molar-refractivity contribution in [3.8, 4) is 0 Å². The molecule has 9 heteroatoms. The Bertz CT molecular complexity index is 673. The van der Waals surface area contributed by atoms with E-state index in [1.165, 1.54) is 0 Å². The Morgan fingerprint density at radius 1 is 1.35 bits per heavy atom. The van der Waals surface area contributed by atoms with Crippen LogP contribution in [0.4, 0.5) is 8.78 Å². The molecule has 1 aliphatic rings. The first-order valence-corrected chi connectivity index (χ1v) is 8.67. The molecule has 1 aliphatic heterocycles. The molecule has 1 aromatic carbocycles. The van der Waals surface area contributed by atoms with E-state index in [1.54, 1.807) is 6.92 Å². The number of rotatable bonds is 5. The lowest BCUT2D eigenvalue weighted by molar-refractivity contribution is -0.138. The molecule has 0 aliphatic carbocycles. The summed E-state index contributed by atoms with van der Waals surface area (Å²) >= 11 is 0. The van der Waals surface area contributed by atoms with Gasteiger partial charge in [0.1, 0.15) is 16.5 Å². The number of piperidine rings is 1. The van der Waals surface area contributed by atoms with Gasteiger partial charge in [-0.3, -0.25) is 9.63 Å². The Kier molecular flexibility index (Phi) is 5.66. The van der Waals surface area contributed by atoms with E-state index in [1.807, 2.05) is 0 Å². The zero-order chi connectivity index (χ0) is 17.0. The van der Waals surface area contributed by atoms with Crippen LogP contribution in [0.25, 0.3) is 0 Å². The standard InChI is InChI=1S/C14H18F2N2O4S/c1-2-22-17-14(19)10-5-7-18(8-6-10)23(20,21)13-9-11(15)3-4-12(13)16/h3-4,9-10H,2,5-8H2,1H3,(H,17,19). The van der Waals surface area contributed by atoms with Crippen molar-refractivity contribution in [1.29, 1.82) is 0 Å². The molecule has 0 atom stereocenters. The first kappa shape index (κ1) is 17.8. The largest absolute Gasteiger partial charge is 0.274 e. The number of carbonyl (C=O) groups excluding carboxylic acids is 1. The molecular weight excluding hydrogens is 330 g/mol. The average molecular weight is 348 g/mol. The van der Waals surface area contributed by atoms with Gasteiger partial charge in [-0.15, -0.1) is 0 Å². The van der Waals surface area contributed by atoms with Crippen LogP contribution in [0.2, 0.25) is 0 Å². The number of hydroxylamine groups is 1. The van der Waals surface area contributed by atoms with Crippen LogP contribution in [-0.2, 0) is 19.7 Å². The highest BCUT2D eigenvalue weighted by Crippen LogP contribution is 2.26. The van der Waals surface area contributed by atoms with Crippen molar-refractivity contribution in [3.05, 3.63) is 29.8 Å². The van der Waals surface area contributed by atoms with Crippen molar-refractivity contribution in [3.63, 3.8) is 0 Å².